The smallest absolute Gasteiger partial charge is 0.315 e. The van der Waals surface area contributed by atoms with E-state index < -0.39 is 0 Å². The molecule has 1 saturated heterocycles. The summed E-state index contributed by atoms with van der Waals surface area (Å²) in [4.78, 5) is 16.7. The third-order valence-electron chi connectivity index (χ3n) is 3.89. The molecule has 0 unspecified atom stereocenters. The van der Waals surface area contributed by atoms with Gasteiger partial charge in [0.25, 0.3) is 0 Å². The number of amides is 2. The number of nitrogens with zero attached hydrogens (tertiary/aromatic N) is 2. The number of methoxy groups -OCH3 is 1. The summed E-state index contributed by atoms with van der Waals surface area (Å²) in [6, 6.07) is -0.0744. The summed E-state index contributed by atoms with van der Waals surface area (Å²) in [5, 5.41) is 5.80. The predicted molar refractivity (Wildman–Crippen MR) is 85.6 cm³/mol. The average Bonchev–Trinajstić information content (AvgIpc) is 2.46. The highest BCUT2D eigenvalue weighted by Crippen LogP contribution is 2.04. The van der Waals surface area contributed by atoms with Gasteiger partial charge in [-0.1, -0.05) is 13.8 Å². The summed E-state index contributed by atoms with van der Waals surface area (Å²) in [5.74, 6) is 0.460. The van der Waals surface area contributed by atoms with E-state index >= 15 is 0 Å². The molecule has 0 aromatic heterocycles. The second-order valence-corrected chi connectivity index (χ2v) is 6.05. The van der Waals surface area contributed by atoms with Crippen molar-refractivity contribution in [2.24, 2.45) is 5.92 Å². The molecule has 6 heteroatoms. The first-order chi connectivity index (χ1) is 10.0. The molecule has 0 spiro atoms. The summed E-state index contributed by atoms with van der Waals surface area (Å²) in [6.07, 6.45) is 0. The molecule has 0 aliphatic carbocycles. The zero-order chi connectivity index (χ0) is 15.7. The Morgan fingerprint density at radius 2 is 1.81 bits per heavy atom. The monoisotopic (exact) mass is 300 g/mol. The number of hydrogen-bond acceptors (Lipinski definition) is 4. The van der Waals surface area contributed by atoms with E-state index in [9.17, 15) is 4.79 Å². The molecule has 0 saturated carbocycles. The van der Waals surface area contributed by atoms with Crippen LogP contribution in [0.2, 0.25) is 0 Å². The Morgan fingerprint density at radius 1 is 1.19 bits per heavy atom. The van der Waals surface area contributed by atoms with Crippen LogP contribution in [0.5, 0.6) is 0 Å². The molecule has 124 valence electrons. The van der Waals surface area contributed by atoms with Crippen LogP contribution in [0.25, 0.3) is 0 Å². The zero-order valence-electron chi connectivity index (χ0n) is 14.0. The van der Waals surface area contributed by atoms with E-state index in [-0.39, 0.29) is 12.1 Å². The molecular weight excluding hydrogens is 268 g/mol. The quantitative estimate of drug-likeness (QED) is 0.689. The number of carbonyl (C=O) groups excluding carboxylic acids is 1. The van der Waals surface area contributed by atoms with Crippen LogP contribution in [0.4, 0.5) is 4.79 Å². The standard InChI is InChI=1S/C15H32N4O2/c1-5-18-6-8-19(9-7-18)11-13(2)10-16-15(20)17-14(3)12-21-4/h13-14H,5-12H2,1-4H3,(H2,16,17,20)/t13-,14+/m1/s1. The lowest BCUT2D eigenvalue weighted by atomic mass is 10.1. The van der Waals surface area contributed by atoms with Gasteiger partial charge in [0.05, 0.1) is 12.6 Å². The van der Waals surface area contributed by atoms with Crippen LogP contribution in [0, 0.1) is 5.92 Å². The van der Waals surface area contributed by atoms with Crippen LogP contribution in [0.3, 0.4) is 0 Å². The summed E-state index contributed by atoms with van der Waals surface area (Å²) >= 11 is 0. The van der Waals surface area contributed by atoms with Gasteiger partial charge in [-0.3, -0.25) is 0 Å². The lowest BCUT2D eigenvalue weighted by molar-refractivity contribution is 0.124. The minimum absolute atomic E-state index is 0.0347. The molecular formula is C15H32N4O2. The molecule has 1 aliphatic heterocycles. The minimum Gasteiger partial charge on any atom is -0.383 e. The lowest BCUT2D eigenvalue weighted by Gasteiger charge is -2.35. The third-order valence-corrected chi connectivity index (χ3v) is 3.89. The molecule has 2 atom stereocenters. The number of rotatable bonds is 8. The molecule has 1 rings (SSSR count). The van der Waals surface area contributed by atoms with Crippen molar-refractivity contribution in [1.82, 2.24) is 20.4 Å². The van der Waals surface area contributed by atoms with Gasteiger partial charge in [0.15, 0.2) is 0 Å². The van der Waals surface area contributed by atoms with E-state index in [1.807, 2.05) is 6.92 Å². The molecule has 1 aliphatic rings. The van der Waals surface area contributed by atoms with Gasteiger partial charge in [-0.05, 0) is 19.4 Å². The zero-order valence-corrected chi connectivity index (χ0v) is 14.0. The largest absolute Gasteiger partial charge is 0.383 e. The highest BCUT2D eigenvalue weighted by molar-refractivity contribution is 5.74. The van der Waals surface area contributed by atoms with Crippen molar-refractivity contribution in [2.75, 3.05) is 59.5 Å². The van der Waals surface area contributed by atoms with Gasteiger partial charge in [0.2, 0.25) is 0 Å². The van der Waals surface area contributed by atoms with Crippen LogP contribution >= 0.6 is 0 Å². The van der Waals surface area contributed by atoms with Gasteiger partial charge in [-0.25, -0.2) is 4.79 Å². The van der Waals surface area contributed by atoms with E-state index in [1.54, 1.807) is 7.11 Å². The van der Waals surface area contributed by atoms with E-state index in [0.29, 0.717) is 19.1 Å². The predicted octanol–water partition coefficient (Wildman–Crippen LogP) is 0.594. The molecule has 0 aromatic rings. The highest BCUT2D eigenvalue weighted by atomic mass is 16.5. The molecule has 0 bridgehead atoms. The first-order valence-electron chi connectivity index (χ1n) is 8.03. The van der Waals surface area contributed by atoms with E-state index in [0.717, 1.165) is 39.3 Å². The van der Waals surface area contributed by atoms with Gasteiger partial charge in [-0.15, -0.1) is 0 Å². The maximum absolute atomic E-state index is 11.7. The maximum Gasteiger partial charge on any atom is 0.315 e. The van der Waals surface area contributed by atoms with Crippen molar-refractivity contribution in [2.45, 2.75) is 26.8 Å². The molecule has 0 aromatic carbocycles. The van der Waals surface area contributed by atoms with Gasteiger partial charge in [-0.2, -0.15) is 0 Å². The van der Waals surface area contributed by atoms with E-state index in [1.165, 1.54) is 0 Å². The second kappa shape index (κ2) is 9.97. The molecule has 0 radical (unpaired) electrons. The lowest BCUT2D eigenvalue weighted by Crippen LogP contribution is -2.49. The van der Waals surface area contributed by atoms with Crippen molar-refractivity contribution >= 4 is 6.03 Å². The van der Waals surface area contributed by atoms with Crippen molar-refractivity contribution in [1.29, 1.82) is 0 Å². The highest BCUT2D eigenvalue weighted by Gasteiger charge is 2.17. The Kier molecular flexibility index (Phi) is 8.64. The molecule has 1 heterocycles. The fourth-order valence-corrected chi connectivity index (χ4v) is 2.63. The summed E-state index contributed by atoms with van der Waals surface area (Å²) in [5.41, 5.74) is 0. The Bertz CT molecular complexity index is 293. The van der Waals surface area contributed by atoms with Crippen LogP contribution < -0.4 is 10.6 Å². The second-order valence-electron chi connectivity index (χ2n) is 6.05. The minimum atomic E-state index is -0.109. The molecule has 2 amide bonds. The van der Waals surface area contributed by atoms with Crippen molar-refractivity contribution in [3.63, 3.8) is 0 Å². The van der Waals surface area contributed by atoms with Crippen molar-refractivity contribution in [3.05, 3.63) is 0 Å². The molecule has 6 nitrogen and oxygen atoms in total. The van der Waals surface area contributed by atoms with Crippen LogP contribution in [0.15, 0.2) is 0 Å². The summed E-state index contributed by atoms with van der Waals surface area (Å²) < 4.78 is 5.00. The number of piperazine rings is 1. The van der Waals surface area contributed by atoms with E-state index in [4.69, 9.17) is 4.74 Å². The average molecular weight is 300 g/mol. The van der Waals surface area contributed by atoms with Gasteiger partial charge in [0, 0.05) is 46.4 Å². The number of urea groups is 1. The van der Waals surface area contributed by atoms with Crippen molar-refractivity contribution < 1.29 is 9.53 Å². The Balaban J connectivity index is 2.13. The van der Waals surface area contributed by atoms with E-state index in [2.05, 4.69) is 34.3 Å². The number of ether oxygens (including phenoxy) is 1. The summed E-state index contributed by atoms with van der Waals surface area (Å²) in [7, 11) is 1.64. The number of hydrogen-bond donors (Lipinski definition) is 2. The maximum atomic E-state index is 11.7. The fourth-order valence-electron chi connectivity index (χ4n) is 2.63. The molecule has 21 heavy (non-hydrogen) atoms. The normalized spacial score (nSPS) is 20.0. The van der Waals surface area contributed by atoms with Gasteiger partial charge in [0.1, 0.15) is 0 Å². The molecule has 1 fully saturated rings. The molecule has 2 N–H and O–H groups in total. The number of likely N-dealkylation sites (N-methyl/N-ethyl adjacent to an activating group) is 1. The van der Waals surface area contributed by atoms with Gasteiger partial charge < -0.3 is 25.2 Å². The SMILES string of the molecule is CCN1CCN(C[C@H](C)CNC(=O)N[C@@H](C)COC)CC1. The Morgan fingerprint density at radius 3 is 2.38 bits per heavy atom. The third kappa shape index (κ3) is 7.64. The van der Waals surface area contributed by atoms with Crippen LogP contribution in [-0.4, -0.2) is 81.4 Å². The number of nitrogens with one attached hydrogen (secondary N) is 2. The Labute approximate surface area is 129 Å². The first-order valence-corrected chi connectivity index (χ1v) is 8.03. The Hall–Kier alpha value is -0.850. The first kappa shape index (κ1) is 18.2. The number of carbonyl (C=O) groups is 1. The summed E-state index contributed by atoms with van der Waals surface area (Å²) in [6.45, 7) is 14.3. The van der Waals surface area contributed by atoms with Crippen LogP contribution in [0.1, 0.15) is 20.8 Å². The van der Waals surface area contributed by atoms with Gasteiger partial charge >= 0.3 is 6.03 Å². The van der Waals surface area contributed by atoms with Crippen molar-refractivity contribution in [3.8, 4) is 0 Å². The fraction of sp³-hybridized carbons (Fsp3) is 0.933. The van der Waals surface area contributed by atoms with Crippen LogP contribution in [-0.2, 0) is 4.74 Å². The topological polar surface area (TPSA) is 56.8 Å².